The van der Waals surface area contributed by atoms with Crippen molar-refractivity contribution < 1.29 is 9.13 Å². The molecule has 94 valence electrons. The second kappa shape index (κ2) is 5.79. The third kappa shape index (κ3) is 3.08. The van der Waals surface area contributed by atoms with Gasteiger partial charge in [0.25, 0.3) is 0 Å². The Balaban J connectivity index is 2.25. The zero-order valence-corrected chi connectivity index (χ0v) is 11.4. The third-order valence-electron chi connectivity index (χ3n) is 2.27. The van der Waals surface area contributed by atoms with Crippen molar-refractivity contribution in [2.24, 2.45) is 0 Å². The van der Waals surface area contributed by atoms with Crippen LogP contribution in [0.2, 0.25) is 10.0 Å². The van der Waals surface area contributed by atoms with Crippen LogP contribution in [0.15, 0.2) is 36.4 Å². The van der Waals surface area contributed by atoms with E-state index < -0.39 is 5.82 Å². The van der Waals surface area contributed by atoms with Crippen molar-refractivity contribution in [3.05, 3.63) is 57.8 Å². The summed E-state index contributed by atoms with van der Waals surface area (Å²) >= 11 is 17.4. The molecule has 0 radical (unpaired) electrons. The first-order chi connectivity index (χ1) is 8.60. The minimum absolute atomic E-state index is 0.000927. The summed E-state index contributed by atoms with van der Waals surface area (Å²) in [5.41, 5.74) is 0.895. The quantitative estimate of drug-likeness (QED) is 0.664. The standard InChI is InChI=1S/C13H8Cl3FO/c14-7-8-1-4-13(11(16)5-8)18-9-2-3-12(17)10(15)6-9/h1-6H,7H2. The molecule has 0 atom stereocenters. The van der Waals surface area contributed by atoms with E-state index in [2.05, 4.69) is 0 Å². The SMILES string of the molecule is Fc1ccc(Oc2ccc(CCl)cc2Cl)cc1Cl. The zero-order chi connectivity index (χ0) is 13.1. The van der Waals surface area contributed by atoms with E-state index in [-0.39, 0.29) is 5.02 Å². The van der Waals surface area contributed by atoms with Gasteiger partial charge in [0.1, 0.15) is 17.3 Å². The summed E-state index contributed by atoms with van der Waals surface area (Å²) in [6, 6.07) is 9.33. The van der Waals surface area contributed by atoms with Crippen LogP contribution in [0.4, 0.5) is 4.39 Å². The molecule has 0 amide bonds. The van der Waals surface area contributed by atoms with Gasteiger partial charge in [-0.1, -0.05) is 29.3 Å². The maximum Gasteiger partial charge on any atom is 0.146 e. The summed E-state index contributed by atoms with van der Waals surface area (Å²) in [5, 5.41) is 0.439. The molecular weight excluding hydrogens is 297 g/mol. The molecule has 0 saturated heterocycles. The van der Waals surface area contributed by atoms with Gasteiger partial charge in [0.05, 0.1) is 10.0 Å². The molecule has 0 aliphatic rings. The highest BCUT2D eigenvalue weighted by Gasteiger charge is 2.06. The Morgan fingerprint density at radius 1 is 1.00 bits per heavy atom. The first-order valence-electron chi connectivity index (χ1n) is 5.07. The zero-order valence-electron chi connectivity index (χ0n) is 9.09. The summed E-state index contributed by atoms with van der Waals surface area (Å²) in [6.07, 6.45) is 0. The van der Waals surface area contributed by atoms with Gasteiger partial charge in [0, 0.05) is 11.9 Å². The number of alkyl halides is 1. The van der Waals surface area contributed by atoms with Gasteiger partial charge in [0.15, 0.2) is 0 Å². The van der Waals surface area contributed by atoms with Gasteiger partial charge in [0.2, 0.25) is 0 Å². The monoisotopic (exact) mass is 304 g/mol. The number of ether oxygens (including phenoxy) is 1. The maximum absolute atomic E-state index is 13.0. The van der Waals surface area contributed by atoms with Gasteiger partial charge < -0.3 is 4.74 Å². The molecule has 0 spiro atoms. The molecule has 5 heteroatoms. The predicted molar refractivity (Wildman–Crippen MR) is 72.5 cm³/mol. The highest BCUT2D eigenvalue weighted by Crippen LogP contribution is 2.32. The van der Waals surface area contributed by atoms with Crippen LogP contribution in [0.25, 0.3) is 0 Å². The smallest absolute Gasteiger partial charge is 0.146 e. The van der Waals surface area contributed by atoms with Gasteiger partial charge in [-0.3, -0.25) is 0 Å². The van der Waals surface area contributed by atoms with E-state index in [0.717, 1.165) is 5.56 Å². The van der Waals surface area contributed by atoms with Crippen molar-refractivity contribution in [3.8, 4) is 11.5 Å². The Hall–Kier alpha value is -0.960. The molecule has 2 aromatic carbocycles. The van der Waals surface area contributed by atoms with E-state index in [0.29, 0.717) is 22.4 Å². The van der Waals surface area contributed by atoms with Crippen LogP contribution < -0.4 is 4.74 Å². The largest absolute Gasteiger partial charge is 0.456 e. The van der Waals surface area contributed by atoms with Gasteiger partial charge >= 0.3 is 0 Å². The summed E-state index contributed by atoms with van der Waals surface area (Å²) < 4.78 is 18.5. The molecule has 0 saturated carbocycles. The maximum atomic E-state index is 13.0. The summed E-state index contributed by atoms with van der Waals surface area (Å²) in [6.45, 7) is 0. The van der Waals surface area contributed by atoms with Crippen LogP contribution in [0.1, 0.15) is 5.56 Å². The lowest BCUT2D eigenvalue weighted by molar-refractivity contribution is 0.481. The minimum atomic E-state index is -0.493. The highest BCUT2D eigenvalue weighted by atomic mass is 35.5. The summed E-state index contributed by atoms with van der Waals surface area (Å²) in [4.78, 5) is 0. The van der Waals surface area contributed by atoms with Crippen LogP contribution in [0, 0.1) is 5.82 Å². The van der Waals surface area contributed by atoms with E-state index in [1.807, 2.05) is 0 Å². The molecule has 2 rings (SSSR count). The fourth-order valence-corrected chi connectivity index (χ4v) is 1.96. The van der Waals surface area contributed by atoms with Gasteiger partial charge in [-0.2, -0.15) is 0 Å². The molecule has 1 nitrogen and oxygen atoms in total. The summed E-state index contributed by atoms with van der Waals surface area (Å²) in [5.74, 6) is 0.769. The van der Waals surface area contributed by atoms with Gasteiger partial charge in [-0.05, 0) is 29.8 Å². The van der Waals surface area contributed by atoms with Crippen LogP contribution in [0.3, 0.4) is 0 Å². The number of halogens is 4. The minimum Gasteiger partial charge on any atom is -0.456 e. The molecule has 0 fully saturated rings. The number of benzene rings is 2. The second-order valence-corrected chi connectivity index (χ2v) is 4.66. The second-order valence-electron chi connectivity index (χ2n) is 3.58. The van der Waals surface area contributed by atoms with E-state index in [4.69, 9.17) is 39.5 Å². The molecule has 0 N–H and O–H groups in total. The molecule has 0 heterocycles. The normalized spacial score (nSPS) is 10.4. The van der Waals surface area contributed by atoms with Crippen LogP contribution in [-0.2, 0) is 5.88 Å². The molecule has 0 aliphatic heterocycles. The molecule has 0 unspecified atom stereocenters. The van der Waals surface area contributed by atoms with Gasteiger partial charge in [-0.25, -0.2) is 4.39 Å². The molecule has 18 heavy (non-hydrogen) atoms. The Kier molecular flexibility index (Phi) is 4.33. The third-order valence-corrected chi connectivity index (χ3v) is 3.16. The van der Waals surface area contributed by atoms with Crippen molar-refractivity contribution in [1.82, 2.24) is 0 Å². The van der Waals surface area contributed by atoms with Crippen molar-refractivity contribution in [2.75, 3.05) is 0 Å². The Morgan fingerprint density at radius 3 is 2.39 bits per heavy atom. The van der Waals surface area contributed by atoms with Crippen molar-refractivity contribution >= 4 is 34.8 Å². The topological polar surface area (TPSA) is 9.23 Å². The average molecular weight is 306 g/mol. The Morgan fingerprint density at radius 2 is 1.78 bits per heavy atom. The first-order valence-corrected chi connectivity index (χ1v) is 6.36. The average Bonchev–Trinajstić information content (AvgIpc) is 2.36. The molecule has 0 aliphatic carbocycles. The van der Waals surface area contributed by atoms with Crippen molar-refractivity contribution in [3.63, 3.8) is 0 Å². The van der Waals surface area contributed by atoms with Crippen LogP contribution in [0.5, 0.6) is 11.5 Å². The molecular formula is C13H8Cl3FO. The lowest BCUT2D eigenvalue weighted by Crippen LogP contribution is -1.88. The number of hydrogen-bond donors (Lipinski definition) is 0. The highest BCUT2D eigenvalue weighted by molar-refractivity contribution is 6.32. The lowest BCUT2D eigenvalue weighted by atomic mass is 10.2. The number of rotatable bonds is 3. The van der Waals surface area contributed by atoms with Crippen molar-refractivity contribution in [2.45, 2.75) is 5.88 Å². The van der Waals surface area contributed by atoms with E-state index >= 15 is 0 Å². The fraction of sp³-hybridized carbons (Fsp3) is 0.0769. The van der Waals surface area contributed by atoms with Gasteiger partial charge in [-0.15, -0.1) is 11.6 Å². The van der Waals surface area contributed by atoms with E-state index in [1.54, 1.807) is 18.2 Å². The lowest BCUT2D eigenvalue weighted by Gasteiger charge is -2.09. The van der Waals surface area contributed by atoms with Crippen molar-refractivity contribution in [1.29, 1.82) is 0 Å². The first kappa shape index (κ1) is 13.5. The predicted octanol–water partition coefficient (Wildman–Crippen LogP) is 5.66. The Labute approximate surface area is 119 Å². The molecule has 0 bridgehead atoms. The van der Waals surface area contributed by atoms with Crippen LogP contribution >= 0.6 is 34.8 Å². The Bertz CT molecular complexity index is 572. The van der Waals surface area contributed by atoms with E-state index in [1.165, 1.54) is 18.2 Å². The molecule has 2 aromatic rings. The number of hydrogen-bond acceptors (Lipinski definition) is 1. The van der Waals surface area contributed by atoms with E-state index in [9.17, 15) is 4.39 Å². The fourth-order valence-electron chi connectivity index (χ4n) is 1.38. The molecule has 0 aromatic heterocycles. The summed E-state index contributed by atoms with van der Waals surface area (Å²) in [7, 11) is 0. The van der Waals surface area contributed by atoms with Crippen LogP contribution in [-0.4, -0.2) is 0 Å².